The predicted molar refractivity (Wildman–Crippen MR) is 56.3 cm³/mol. The minimum absolute atomic E-state index is 0.233. The Bertz CT molecular complexity index is 276. The van der Waals surface area contributed by atoms with Gasteiger partial charge in [-0.25, -0.2) is 4.98 Å². The number of aromatic nitrogens is 1. The highest BCUT2D eigenvalue weighted by Gasteiger charge is 2.22. The molecule has 2 heterocycles. The van der Waals surface area contributed by atoms with E-state index >= 15 is 0 Å². The second kappa shape index (κ2) is 4.42. The van der Waals surface area contributed by atoms with Crippen molar-refractivity contribution in [1.29, 1.82) is 0 Å². The number of piperidine rings is 1. The molecule has 2 rings (SSSR count). The van der Waals surface area contributed by atoms with Gasteiger partial charge in [-0.15, -0.1) is 0 Å². The van der Waals surface area contributed by atoms with Gasteiger partial charge in [-0.2, -0.15) is 0 Å². The maximum absolute atomic E-state index is 9.25. The third kappa shape index (κ3) is 1.87. The predicted octanol–water partition coefficient (Wildman–Crippen LogP) is 1.43. The summed E-state index contributed by atoms with van der Waals surface area (Å²) >= 11 is 0. The third-order valence-electron chi connectivity index (χ3n) is 2.78. The van der Waals surface area contributed by atoms with E-state index in [4.69, 9.17) is 0 Å². The van der Waals surface area contributed by atoms with Gasteiger partial charge < -0.3 is 10.0 Å². The molecule has 1 saturated heterocycles. The summed E-state index contributed by atoms with van der Waals surface area (Å²) < 4.78 is 0. The van der Waals surface area contributed by atoms with E-state index in [1.807, 2.05) is 18.2 Å². The molecule has 76 valence electrons. The van der Waals surface area contributed by atoms with E-state index in [1.165, 1.54) is 12.8 Å². The number of aliphatic hydroxyl groups excluding tert-OH is 1. The second-order valence-corrected chi connectivity index (χ2v) is 3.71. The summed E-state index contributed by atoms with van der Waals surface area (Å²) in [5.41, 5.74) is 0. The number of nitrogens with zero attached hydrogens (tertiary/aromatic N) is 2. The van der Waals surface area contributed by atoms with E-state index in [9.17, 15) is 5.11 Å². The Labute approximate surface area is 84.4 Å². The molecule has 1 atom stereocenters. The van der Waals surface area contributed by atoms with Gasteiger partial charge in [0.25, 0.3) is 0 Å². The van der Waals surface area contributed by atoms with Gasteiger partial charge in [0.15, 0.2) is 0 Å². The van der Waals surface area contributed by atoms with Crippen LogP contribution in [0.2, 0.25) is 0 Å². The maximum Gasteiger partial charge on any atom is 0.128 e. The molecule has 3 nitrogen and oxygen atoms in total. The molecular formula is C11H16N2O. The van der Waals surface area contributed by atoms with Gasteiger partial charge in [-0.3, -0.25) is 0 Å². The Morgan fingerprint density at radius 2 is 2.36 bits per heavy atom. The van der Waals surface area contributed by atoms with Crippen LogP contribution in [0.15, 0.2) is 24.4 Å². The van der Waals surface area contributed by atoms with E-state index in [0.717, 1.165) is 18.8 Å². The molecule has 1 aliphatic rings. The first-order valence-electron chi connectivity index (χ1n) is 5.20. The number of pyridine rings is 1. The van der Waals surface area contributed by atoms with Crippen LogP contribution in [0.3, 0.4) is 0 Å². The van der Waals surface area contributed by atoms with Crippen LogP contribution in [-0.4, -0.2) is 29.3 Å². The molecule has 0 spiro atoms. The quantitative estimate of drug-likeness (QED) is 0.770. The number of hydrogen-bond acceptors (Lipinski definition) is 3. The molecule has 1 fully saturated rings. The van der Waals surface area contributed by atoms with E-state index in [0.29, 0.717) is 0 Å². The zero-order valence-corrected chi connectivity index (χ0v) is 8.26. The molecule has 3 heteroatoms. The van der Waals surface area contributed by atoms with Crippen LogP contribution in [-0.2, 0) is 0 Å². The summed E-state index contributed by atoms with van der Waals surface area (Å²) in [6.45, 7) is 1.25. The fourth-order valence-electron chi connectivity index (χ4n) is 2.02. The number of aliphatic hydroxyl groups is 1. The van der Waals surface area contributed by atoms with Gasteiger partial charge in [0.1, 0.15) is 5.82 Å². The van der Waals surface area contributed by atoms with Gasteiger partial charge in [0.2, 0.25) is 0 Å². The second-order valence-electron chi connectivity index (χ2n) is 3.71. The molecule has 0 unspecified atom stereocenters. The molecule has 14 heavy (non-hydrogen) atoms. The van der Waals surface area contributed by atoms with Crippen LogP contribution < -0.4 is 4.90 Å². The molecule has 1 aliphatic heterocycles. The zero-order valence-electron chi connectivity index (χ0n) is 8.26. The summed E-state index contributed by atoms with van der Waals surface area (Å²) in [6.07, 6.45) is 5.30. The molecule has 1 N–H and O–H groups in total. The fraction of sp³-hybridized carbons (Fsp3) is 0.545. The van der Waals surface area contributed by atoms with Gasteiger partial charge >= 0.3 is 0 Å². The SMILES string of the molecule is OC[C@H]1CCCCN1c1ccccn1. The fourth-order valence-corrected chi connectivity index (χ4v) is 2.02. The van der Waals surface area contributed by atoms with E-state index in [2.05, 4.69) is 9.88 Å². The molecule has 0 radical (unpaired) electrons. The maximum atomic E-state index is 9.25. The molecule has 0 bridgehead atoms. The summed E-state index contributed by atoms with van der Waals surface area (Å²) in [5, 5.41) is 9.25. The van der Waals surface area contributed by atoms with Crippen molar-refractivity contribution in [3.63, 3.8) is 0 Å². The normalized spacial score (nSPS) is 22.4. The highest BCUT2D eigenvalue weighted by molar-refractivity contribution is 5.39. The number of anilines is 1. The molecule has 1 aromatic heterocycles. The first-order valence-corrected chi connectivity index (χ1v) is 5.20. The van der Waals surface area contributed by atoms with Crippen molar-refractivity contribution in [1.82, 2.24) is 4.98 Å². The lowest BCUT2D eigenvalue weighted by Gasteiger charge is -2.35. The smallest absolute Gasteiger partial charge is 0.128 e. The van der Waals surface area contributed by atoms with Gasteiger partial charge in [-0.1, -0.05) is 6.07 Å². The lowest BCUT2D eigenvalue weighted by atomic mass is 10.0. The van der Waals surface area contributed by atoms with Crippen molar-refractivity contribution >= 4 is 5.82 Å². The van der Waals surface area contributed by atoms with Gasteiger partial charge in [0, 0.05) is 12.7 Å². The summed E-state index contributed by atoms with van der Waals surface area (Å²) in [5.74, 6) is 0.992. The monoisotopic (exact) mass is 192 g/mol. The summed E-state index contributed by atoms with van der Waals surface area (Å²) in [6, 6.07) is 6.18. The van der Waals surface area contributed by atoms with E-state index in [-0.39, 0.29) is 12.6 Å². The Balaban J connectivity index is 2.15. The molecule has 0 aliphatic carbocycles. The Kier molecular flexibility index (Phi) is 2.99. The first-order chi connectivity index (χ1) is 6.92. The van der Waals surface area contributed by atoms with Crippen LogP contribution >= 0.6 is 0 Å². The van der Waals surface area contributed by atoms with Crippen molar-refractivity contribution in [3.05, 3.63) is 24.4 Å². The minimum atomic E-state index is 0.233. The lowest BCUT2D eigenvalue weighted by Crippen LogP contribution is -2.42. The van der Waals surface area contributed by atoms with Gasteiger partial charge in [0.05, 0.1) is 12.6 Å². The van der Waals surface area contributed by atoms with Crippen LogP contribution in [0.1, 0.15) is 19.3 Å². The largest absolute Gasteiger partial charge is 0.394 e. The topological polar surface area (TPSA) is 36.4 Å². The third-order valence-corrected chi connectivity index (χ3v) is 2.78. The van der Waals surface area contributed by atoms with E-state index < -0.39 is 0 Å². The molecular weight excluding hydrogens is 176 g/mol. The van der Waals surface area contributed by atoms with Crippen molar-refractivity contribution in [2.45, 2.75) is 25.3 Å². The van der Waals surface area contributed by atoms with Crippen molar-refractivity contribution in [3.8, 4) is 0 Å². The average Bonchev–Trinajstić information content (AvgIpc) is 2.30. The number of hydrogen-bond donors (Lipinski definition) is 1. The standard InChI is InChI=1S/C11H16N2O/c14-9-10-5-2-4-8-13(10)11-6-1-3-7-12-11/h1,3,6-7,10,14H,2,4-5,8-9H2/t10-/m1/s1. The van der Waals surface area contributed by atoms with Crippen molar-refractivity contribution < 1.29 is 5.11 Å². The highest BCUT2D eigenvalue weighted by atomic mass is 16.3. The summed E-state index contributed by atoms with van der Waals surface area (Å²) in [4.78, 5) is 6.53. The first kappa shape index (κ1) is 9.46. The molecule has 0 amide bonds. The Hall–Kier alpha value is -1.09. The van der Waals surface area contributed by atoms with Crippen LogP contribution in [0.4, 0.5) is 5.82 Å². The molecule has 0 saturated carbocycles. The van der Waals surface area contributed by atoms with Crippen molar-refractivity contribution in [2.75, 3.05) is 18.1 Å². The Morgan fingerprint density at radius 3 is 3.07 bits per heavy atom. The van der Waals surface area contributed by atoms with Gasteiger partial charge in [-0.05, 0) is 31.4 Å². The number of rotatable bonds is 2. The summed E-state index contributed by atoms with van der Waals surface area (Å²) in [7, 11) is 0. The zero-order chi connectivity index (χ0) is 9.80. The van der Waals surface area contributed by atoms with Crippen LogP contribution in [0.5, 0.6) is 0 Å². The minimum Gasteiger partial charge on any atom is -0.394 e. The highest BCUT2D eigenvalue weighted by Crippen LogP contribution is 2.22. The van der Waals surface area contributed by atoms with E-state index in [1.54, 1.807) is 6.20 Å². The Morgan fingerprint density at radius 1 is 1.43 bits per heavy atom. The average molecular weight is 192 g/mol. The van der Waals surface area contributed by atoms with Crippen LogP contribution in [0.25, 0.3) is 0 Å². The van der Waals surface area contributed by atoms with Crippen molar-refractivity contribution in [2.24, 2.45) is 0 Å². The van der Waals surface area contributed by atoms with Crippen LogP contribution in [0, 0.1) is 0 Å². The lowest BCUT2D eigenvalue weighted by molar-refractivity contribution is 0.239. The molecule has 1 aromatic rings. The molecule has 0 aromatic carbocycles.